The molecule has 0 bridgehead atoms. The van der Waals surface area contributed by atoms with E-state index in [-0.39, 0.29) is 0 Å². The summed E-state index contributed by atoms with van der Waals surface area (Å²) < 4.78 is 1.00. The Labute approximate surface area is 127 Å². The Bertz CT molecular complexity index is 655. The smallest absolute Gasteiger partial charge is 0.142 e. The highest BCUT2D eigenvalue weighted by molar-refractivity contribution is 9.10. The molecular weight excluding hydrogens is 314 g/mol. The summed E-state index contributed by atoms with van der Waals surface area (Å²) in [4.78, 5) is 4.33. The SMILES string of the molecule is CC(C)Cc1cc(-c2ccc(Br)cc2)c(C#N)c(N)n1. The summed E-state index contributed by atoms with van der Waals surface area (Å²) in [5, 5.41) is 9.31. The highest BCUT2D eigenvalue weighted by atomic mass is 79.9. The Morgan fingerprint density at radius 2 is 1.95 bits per heavy atom. The van der Waals surface area contributed by atoms with E-state index in [0.29, 0.717) is 17.3 Å². The molecule has 2 rings (SSSR count). The van der Waals surface area contributed by atoms with Crippen molar-refractivity contribution in [1.82, 2.24) is 4.98 Å². The van der Waals surface area contributed by atoms with E-state index >= 15 is 0 Å². The molecule has 0 aliphatic rings. The van der Waals surface area contributed by atoms with Crippen molar-refractivity contribution in [2.45, 2.75) is 20.3 Å². The highest BCUT2D eigenvalue weighted by Gasteiger charge is 2.13. The third-order valence-electron chi connectivity index (χ3n) is 2.98. The molecule has 2 aromatic rings. The number of hydrogen-bond acceptors (Lipinski definition) is 3. The number of benzene rings is 1. The first-order valence-electron chi connectivity index (χ1n) is 6.46. The average molecular weight is 330 g/mol. The van der Waals surface area contributed by atoms with Crippen molar-refractivity contribution in [2.75, 3.05) is 5.73 Å². The van der Waals surface area contributed by atoms with Crippen molar-refractivity contribution >= 4 is 21.7 Å². The van der Waals surface area contributed by atoms with Crippen LogP contribution in [0.15, 0.2) is 34.8 Å². The van der Waals surface area contributed by atoms with Crippen LogP contribution in [0.3, 0.4) is 0 Å². The lowest BCUT2D eigenvalue weighted by Crippen LogP contribution is -2.04. The van der Waals surface area contributed by atoms with Gasteiger partial charge in [0, 0.05) is 15.7 Å². The molecule has 0 saturated heterocycles. The largest absolute Gasteiger partial charge is 0.383 e. The van der Waals surface area contributed by atoms with Gasteiger partial charge in [-0.15, -0.1) is 0 Å². The van der Waals surface area contributed by atoms with Gasteiger partial charge >= 0.3 is 0 Å². The Kier molecular flexibility index (Phi) is 4.41. The predicted molar refractivity (Wildman–Crippen MR) is 85.0 cm³/mol. The van der Waals surface area contributed by atoms with Crippen LogP contribution in [0, 0.1) is 17.2 Å². The van der Waals surface area contributed by atoms with Crippen LogP contribution >= 0.6 is 15.9 Å². The molecule has 0 amide bonds. The second-order valence-corrected chi connectivity index (χ2v) is 6.05. The van der Waals surface area contributed by atoms with Crippen molar-refractivity contribution in [2.24, 2.45) is 5.92 Å². The lowest BCUT2D eigenvalue weighted by Gasteiger charge is -2.11. The third kappa shape index (κ3) is 3.17. The van der Waals surface area contributed by atoms with Gasteiger partial charge in [-0.1, -0.05) is 41.9 Å². The zero-order chi connectivity index (χ0) is 14.7. The van der Waals surface area contributed by atoms with E-state index in [4.69, 9.17) is 5.73 Å². The average Bonchev–Trinajstić information content (AvgIpc) is 2.38. The number of aromatic nitrogens is 1. The zero-order valence-electron chi connectivity index (χ0n) is 11.5. The monoisotopic (exact) mass is 329 g/mol. The fourth-order valence-corrected chi connectivity index (χ4v) is 2.38. The van der Waals surface area contributed by atoms with Crippen molar-refractivity contribution in [3.05, 3.63) is 46.1 Å². The maximum Gasteiger partial charge on any atom is 0.142 e. The summed E-state index contributed by atoms with van der Waals surface area (Å²) in [5.74, 6) is 0.802. The minimum atomic E-state index is 0.309. The number of nitriles is 1. The van der Waals surface area contributed by atoms with Crippen molar-refractivity contribution in [3.63, 3.8) is 0 Å². The van der Waals surface area contributed by atoms with E-state index in [9.17, 15) is 5.26 Å². The van der Waals surface area contributed by atoms with E-state index < -0.39 is 0 Å². The van der Waals surface area contributed by atoms with Gasteiger partial charge in [-0.25, -0.2) is 4.98 Å². The molecule has 4 heteroatoms. The van der Waals surface area contributed by atoms with Gasteiger partial charge in [0.15, 0.2) is 0 Å². The minimum absolute atomic E-state index is 0.309. The van der Waals surface area contributed by atoms with Crippen LogP contribution in [0.25, 0.3) is 11.1 Å². The molecule has 0 aliphatic heterocycles. The predicted octanol–water partition coefficient (Wildman–Crippen LogP) is 4.16. The summed E-state index contributed by atoms with van der Waals surface area (Å²) >= 11 is 3.41. The lowest BCUT2D eigenvalue weighted by atomic mass is 9.98. The summed E-state index contributed by atoms with van der Waals surface area (Å²) in [5.41, 5.74) is 9.13. The Morgan fingerprint density at radius 3 is 2.50 bits per heavy atom. The second kappa shape index (κ2) is 6.06. The normalized spacial score (nSPS) is 10.6. The molecule has 1 aromatic carbocycles. The van der Waals surface area contributed by atoms with Gasteiger partial charge in [-0.3, -0.25) is 0 Å². The van der Waals surface area contributed by atoms with E-state index in [2.05, 4.69) is 40.8 Å². The molecule has 0 spiro atoms. The standard InChI is InChI=1S/C16H16BrN3/c1-10(2)7-13-8-14(15(9-18)16(19)20-13)11-3-5-12(17)6-4-11/h3-6,8,10H,7H2,1-2H3,(H2,19,20). The molecule has 0 unspecified atom stereocenters. The van der Waals surface area contributed by atoms with Crippen molar-refractivity contribution < 1.29 is 0 Å². The van der Waals surface area contributed by atoms with E-state index in [1.54, 1.807) is 0 Å². The van der Waals surface area contributed by atoms with Crippen molar-refractivity contribution in [3.8, 4) is 17.2 Å². The zero-order valence-corrected chi connectivity index (χ0v) is 13.1. The Hall–Kier alpha value is -1.86. The first-order chi connectivity index (χ1) is 9.51. The van der Waals surface area contributed by atoms with Gasteiger partial charge in [-0.05, 0) is 36.1 Å². The third-order valence-corrected chi connectivity index (χ3v) is 3.51. The number of hydrogen-bond donors (Lipinski definition) is 1. The van der Waals surface area contributed by atoms with Gasteiger partial charge < -0.3 is 5.73 Å². The van der Waals surface area contributed by atoms with E-state index in [0.717, 1.165) is 27.7 Å². The molecule has 0 aliphatic carbocycles. The summed E-state index contributed by atoms with van der Waals surface area (Å²) in [6, 6.07) is 12.0. The number of halogens is 1. The topological polar surface area (TPSA) is 62.7 Å². The summed E-state index contributed by atoms with van der Waals surface area (Å²) in [6.45, 7) is 4.27. The molecule has 20 heavy (non-hydrogen) atoms. The molecule has 2 N–H and O–H groups in total. The summed E-state index contributed by atoms with van der Waals surface area (Å²) in [7, 11) is 0. The van der Waals surface area contributed by atoms with Crippen LogP contribution in [0.4, 0.5) is 5.82 Å². The molecule has 1 aromatic heterocycles. The van der Waals surface area contributed by atoms with Crippen LogP contribution < -0.4 is 5.73 Å². The van der Waals surface area contributed by atoms with Crippen LogP contribution in [0.2, 0.25) is 0 Å². The minimum Gasteiger partial charge on any atom is -0.383 e. The molecule has 0 fully saturated rings. The number of rotatable bonds is 3. The first kappa shape index (κ1) is 14.5. The van der Waals surface area contributed by atoms with Gasteiger partial charge in [0.05, 0.1) is 0 Å². The quantitative estimate of drug-likeness (QED) is 0.919. The molecule has 1 heterocycles. The number of nitrogen functional groups attached to an aromatic ring is 1. The fourth-order valence-electron chi connectivity index (χ4n) is 2.12. The Balaban J connectivity index is 2.57. The highest BCUT2D eigenvalue weighted by Crippen LogP contribution is 2.29. The van der Waals surface area contributed by atoms with Crippen LogP contribution in [-0.2, 0) is 6.42 Å². The number of anilines is 1. The van der Waals surface area contributed by atoms with Crippen molar-refractivity contribution in [1.29, 1.82) is 5.26 Å². The number of nitrogens with zero attached hydrogens (tertiary/aromatic N) is 2. The van der Waals surface area contributed by atoms with Crippen LogP contribution in [-0.4, -0.2) is 4.98 Å². The summed E-state index contributed by atoms with van der Waals surface area (Å²) in [6.07, 6.45) is 0.847. The maximum atomic E-state index is 9.31. The van der Waals surface area contributed by atoms with E-state index in [1.165, 1.54) is 0 Å². The Morgan fingerprint density at radius 1 is 1.30 bits per heavy atom. The number of nitrogens with two attached hydrogens (primary N) is 1. The second-order valence-electron chi connectivity index (χ2n) is 5.14. The van der Waals surface area contributed by atoms with Gasteiger partial charge in [0.2, 0.25) is 0 Å². The molecule has 0 saturated carbocycles. The molecule has 102 valence electrons. The van der Waals surface area contributed by atoms with E-state index in [1.807, 2.05) is 30.3 Å². The van der Waals surface area contributed by atoms with Crippen LogP contribution in [0.1, 0.15) is 25.1 Å². The molecule has 0 atom stereocenters. The van der Waals surface area contributed by atoms with Gasteiger partial charge in [0.1, 0.15) is 17.5 Å². The lowest BCUT2D eigenvalue weighted by molar-refractivity contribution is 0.636. The van der Waals surface area contributed by atoms with Gasteiger partial charge in [0.25, 0.3) is 0 Å². The molecule has 3 nitrogen and oxygen atoms in total. The number of pyridine rings is 1. The maximum absolute atomic E-state index is 9.31. The van der Waals surface area contributed by atoms with Gasteiger partial charge in [-0.2, -0.15) is 5.26 Å². The van der Waals surface area contributed by atoms with Crippen LogP contribution in [0.5, 0.6) is 0 Å². The molecular formula is C16H16BrN3. The first-order valence-corrected chi connectivity index (χ1v) is 7.26. The fraction of sp³-hybridized carbons (Fsp3) is 0.250. The molecule has 0 radical (unpaired) electrons.